The summed E-state index contributed by atoms with van der Waals surface area (Å²) in [4.78, 5) is 2.78. The van der Waals surface area contributed by atoms with Crippen LogP contribution < -0.4 is 5.32 Å². The molecule has 1 N–H and O–H groups in total. The lowest BCUT2D eigenvalue weighted by atomic mass is 9.78. The molecule has 4 atom stereocenters. The largest absolute Gasteiger partial charge is 0.311 e. The number of fused-ring (bicyclic) bond motifs is 2. The van der Waals surface area contributed by atoms with Crippen molar-refractivity contribution in [2.75, 3.05) is 7.05 Å². The van der Waals surface area contributed by atoms with Crippen molar-refractivity contribution in [2.24, 2.45) is 11.8 Å². The van der Waals surface area contributed by atoms with Gasteiger partial charge in [-0.3, -0.25) is 0 Å². The normalized spacial score (nSPS) is 43.1. The Morgan fingerprint density at radius 3 is 2.21 bits per heavy atom. The monoisotopic (exact) mass is 264 g/mol. The van der Waals surface area contributed by atoms with Crippen LogP contribution >= 0.6 is 0 Å². The molecule has 0 radical (unpaired) electrons. The van der Waals surface area contributed by atoms with Gasteiger partial charge in [0.05, 0.1) is 0 Å². The van der Waals surface area contributed by atoms with Gasteiger partial charge in [0.15, 0.2) is 0 Å². The number of nitrogens with one attached hydrogen (secondary N) is 1. The topological polar surface area (TPSA) is 15.3 Å². The van der Waals surface area contributed by atoms with E-state index in [4.69, 9.17) is 0 Å². The van der Waals surface area contributed by atoms with E-state index < -0.39 is 0 Å². The van der Waals surface area contributed by atoms with Crippen molar-refractivity contribution in [3.8, 4) is 0 Å². The summed E-state index contributed by atoms with van der Waals surface area (Å²) in [5.74, 6) is 1.85. The Kier molecular flexibility index (Phi) is 4.19. The molecule has 1 aliphatic carbocycles. The van der Waals surface area contributed by atoms with E-state index in [1.165, 1.54) is 51.4 Å². The zero-order valence-corrected chi connectivity index (χ0v) is 13.1. The third-order valence-electron chi connectivity index (χ3n) is 6.23. The first kappa shape index (κ1) is 13.9. The van der Waals surface area contributed by atoms with Crippen LogP contribution in [0, 0.1) is 11.8 Å². The molecule has 0 aromatic rings. The minimum Gasteiger partial charge on any atom is -0.311 e. The molecule has 0 aromatic heterocycles. The fourth-order valence-corrected chi connectivity index (χ4v) is 4.83. The zero-order chi connectivity index (χ0) is 13.4. The first-order valence-electron chi connectivity index (χ1n) is 8.61. The first-order chi connectivity index (χ1) is 9.13. The fraction of sp³-hybridized carbons (Fsp3) is 1.00. The summed E-state index contributed by atoms with van der Waals surface area (Å²) < 4.78 is 0. The fourth-order valence-electron chi connectivity index (χ4n) is 4.83. The summed E-state index contributed by atoms with van der Waals surface area (Å²) in [6, 6.07) is 3.38. The van der Waals surface area contributed by atoms with Crippen molar-refractivity contribution in [1.82, 2.24) is 10.2 Å². The Bertz CT molecular complexity index is 290. The average molecular weight is 264 g/mol. The van der Waals surface area contributed by atoms with Crippen LogP contribution in [0.4, 0.5) is 0 Å². The number of nitrogens with zero attached hydrogens (tertiary/aromatic N) is 1. The van der Waals surface area contributed by atoms with Gasteiger partial charge in [-0.25, -0.2) is 0 Å². The lowest BCUT2D eigenvalue weighted by molar-refractivity contribution is 0.0755. The van der Waals surface area contributed by atoms with Crippen LogP contribution in [0.15, 0.2) is 0 Å². The summed E-state index contributed by atoms with van der Waals surface area (Å²) >= 11 is 0. The zero-order valence-electron chi connectivity index (χ0n) is 13.1. The molecule has 0 aromatic carbocycles. The van der Waals surface area contributed by atoms with E-state index in [0.717, 1.165) is 36.0 Å². The Morgan fingerprint density at radius 2 is 1.58 bits per heavy atom. The summed E-state index contributed by atoms with van der Waals surface area (Å²) in [5, 5.41) is 3.78. The minimum absolute atomic E-state index is 0.829. The second-order valence-corrected chi connectivity index (χ2v) is 7.75. The van der Waals surface area contributed by atoms with E-state index in [1.54, 1.807) is 0 Å². The number of rotatable bonds is 3. The van der Waals surface area contributed by atoms with Gasteiger partial charge in [-0.1, -0.05) is 26.7 Å². The van der Waals surface area contributed by atoms with Crippen molar-refractivity contribution in [3.63, 3.8) is 0 Å². The van der Waals surface area contributed by atoms with Gasteiger partial charge in [0.2, 0.25) is 0 Å². The standard InChI is InChI=1S/C17H32N2/c1-12(2)13-5-4-6-16(9-13)19(3)17-10-14-7-8-15(11-17)18-14/h12-18H,4-11H2,1-3H3. The maximum atomic E-state index is 3.78. The quantitative estimate of drug-likeness (QED) is 0.840. The van der Waals surface area contributed by atoms with Gasteiger partial charge in [-0.15, -0.1) is 0 Å². The van der Waals surface area contributed by atoms with Crippen LogP contribution in [0.2, 0.25) is 0 Å². The molecule has 2 heteroatoms. The Hall–Kier alpha value is -0.0800. The van der Waals surface area contributed by atoms with Gasteiger partial charge in [0.25, 0.3) is 0 Å². The van der Waals surface area contributed by atoms with E-state index in [2.05, 4.69) is 31.1 Å². The van der Waals surface area contributed by atoms with Gasteiger partial charge in [-0.05, 0) is 57.4 Å². The lowest BCUT2D eigenvalue weighted by Crippen LogP contribution is -2.51. The van der Waals surface area contributed by atoms with Crippen LogP contribution in [0.3, 0.4) is 0 Å². The van der Waals surface area contributed by atoms with Gasteiger partial charge < -0.3 is 10.2 Å². The Labute approximate surface area is 119 Å². The highest BCUT2D eigenvalue weighted by molar-refractivity contribution is 4.96. The molecule has 19 heavy (non-hydrogen) atoms. The van der Waals surface area contributed by atoms with E-state index in [9.17, 15) is 0 Å². The van der Waals surface area contributed by atoms with Crippen molar-refractivity contribution in [3.05, 3.63) is 0 Å². The molecule has 110 valence electrons. The van der Waals surface area contributed by atoms with Crippen LogP contribution in [0.5, 0.6) is 0 Å². The summed E-state index contributed by atoms with van der Waals surface area (Å²) in [6.45, 7) is 4.83. The van der Waals surface area contributed by atoms with E-state index in [1.807, 2.05) is 0 Å². The predicted octanol–water partition coefficient (Wildman–Crippen LogP) is 3.42. The molecule has 1 saturated carbocycles. The molecule has 3 fully saturated rings. The van der Waals surface area contributed by atoms with E-state index in [0.29, 0.717) is 0 Å². The minimum atomic E-state index is 0.829. The van der Waals surface area contributed by atoms with Gasteiger partial charge in [0, 0.05) is 24.2 Å². The molecule has 2 bridgehead atoms. The molecule has 2 nitrogen and oxygen atoms in total. The maximum Gasteiger partial charge on any atom is 0.0125 e. The third kappa shape index (κ3) is 3.00. The van der Waals surface area contributed by atoms with E-state index >= 15 is 0 Å². The first-order valence-corrected chi connectivity index (χ1v) is 8.61. The molecule has 4 unspecified atom stereocenters. The van der Waals surface area contributed by atoms with Gasteiger partial charge in [-0.2, -0.15) is 0 Å². The van der Waals surface area contributed by atoms with Crippen LogP contribution in [0.25, 0.3) is 0 Å². The van der Waals surface area contributed by atoms with Crippen molar-refractivity contribution < 1.29 is 0 Å². The maximum absolute atomic E-state index is 3.78. The number of hydrogen-bond acceptors (Lipinski definition) is 2. The number of piperidine rings is 1. The summed E-state index contributed by atoms with van der Waals surface area (Å²) in [5.41, 5.74) is 0. The average Bonchev–Trinajstić information content (AvgIpc) is 2.76. The smallest absolute Gasteiger partial charge is 0.0125 e. The molecular formula is C17H32N2. The molecule has 0 amide bonds. The van der Waals surface area contributed by atoms with Crippen LogP contribution in [0.1, 0.15) is 65.2 Å². The van der Waals surface area contributed by atoms with Crippen molar-refractivity contribution in [1.29, 1.82) is 0 Å². The molecule has 2 heterocycles. The Balaban J connectivity index is 1.58. The highest BCUT2D eigenvalue weighted by Gasteiger charge is 2.37. The van der Waals surface area contributed by atoms with E-state index in [-0.39, 0.29) is 0 Å². The second kappa shape index (κ2) is 5.73. The van der Waals surface area contributed by atoms with Crippen molar-refractivity contribution in [2.45, 2.75) is 89.4 Å². The second-order valence-electron chi connectivity index (χ2n) is 7.75. The molecule has 3 rings (SSSR count). The highest BCUT2D eigenvalue weighted by atomic mass is 15.2. The van der Waals surface area contributed by atoms with Crippen LogP contribution in [-0.4, -0.2) is 36.1 Å². The van der Waals surface area contributed by atoms with Gasteiger partial charge in [0.1, 0.15) is 0 Å². The lowest BCUT2D eigenvalue weighted by Gasteiger charge is -2.43. The summed E-state index contributed by atoms with van der Waals surface area (Å²) in [6.07, 6.45) is 11.5. The SMILES string of the molecule is CC(C)C1CCCC(N(C)C2CC3CCC(C2)N3)C1. The predicted molar refractivity (Wildman–Crippen MR) is 81.3 cm³/mol. The molecule has 3 aliphatic rings. The Morgan fingerprint density at radius 1 is 0.895 bits per heavy atom. The third-order valence-corrected chi connectivity index (χ3v) is 6.23. The van der Waals surface area contributed by atoms with Crippen molar-refractivity contribution >= 4 is 0 Å². The molecule has 0 spiro atoms. The molecular weight excluding hydrogens is 232 g/mol. The molecule has 2 aliphatic heterocycles. The number of hydrogen-bond donors (Lipinski definition) is 1. The molecule has 2 saturated heterocycles. The van der Waals surface area contributed by atoms with Gasteiger partial charge >= 0.3 is 0 Å². The highest BCUT2D eigenvalue weighted by Crippen LogP contribution is 2.36. The van der Waals surface area contributed by atoms with Crippen LogP contribution in [-0.2, 0) is 0 Å². The summed E-state index contributed by atoms with van der Waals surface area (Å²) in [7, 11) is 2.42.